The highest BCUT2D eigenvalue weighted by Gasteiger charge is 2.47. The number of benzene rings is 2. The molecule has 3 aliphatic heterocycles. The van der Waals surface area contributed by atoms with Crippen molar-refractivity contribution >= 4 is 11.9 Å². The Bertz CT molecular complexity index is 1430. The fraction of sp³-hybridized carbons (Fsp3) is 0.412. The summed E-state index contributed by atoms with van der Waals surface area (Å²) in [5.41, 5.74) is 5.54. The van der Waals surface area contributed by atoms with Gasteiger partial charge in [-0.1, -0.05) is 48.5 Å². The largest absolute Gasteiger partial charge is 0.373 e. The minimum atomic E-state index is 0.120. The number of aromatic nitrogens is 4. The van der Waals surface area contributed by atoms with Crippen LogP contribution in [0.4, 0.5) is 11.9 Å². The summed E-state index contributed by atoms with van der Waals surface area (Å²) in [4.78, 5) is 21.7. The van der Waals surface area contributed by atoms with Crippen molar-refractivity contribution in [3.63, 3.8) is 0 Å². The summed E-state index contributed by atoms with van der Waals surface area (Å²) in [7, 11) is 0. The molecule has 3 atom stereocenters. The smallest absolute Gasteiger partial charge is 0.336 e. The number of hydrogen-bond donors (Lipinski definition) is 0. The van der Waals surface area contributed by atoms with Crippen LogP contribution < -0.4 is 4.48 Å². The topological polar surface area (TPSA) is 73.3 Å². The third-order valence-corrected chi connectivity index (χ3v) is 9.30. The molecule has 8 nitrogen and oxygen atoms in total. The van der Waals surface area contributed by atoms with Gasteiger partial charge in [-0.25, -0.2) is 0 Å². The molecule has 3 aliphatic rings. The lowest BCUT2D eigenvalue weighted by atomic mass is 9.92. The van der Waals surface area contributed by atoms with Gasteiger partial charge in [0.2, 0.25) is 0 Å². The van der Waals surface area contributed by atoms with Crippen LogP contribution in [0.25, 0.3) is 0 Å². The molecule has 216 valence electrons. The average Bonchev–Trinajstić information content (AvgIpc) is 3.07. The van der Waals surface area contributed by atoms with Crippen LogP contribution in [0.15, 0.2) is 85.5 Å². The number of hydrogen-bond acceptors (Lipinski definition) is 7. The normalized spacial score (nSPS) is 23.6. The minimum Gasteiger partial charge on any atom is -0.373 e. The van der Waals surface area contributed by atoms with Gasteiger partial charge in [-0.2, -0.15) is 24.4 Å². The molecule has 0 saturated carbocycles. The van der Waals surface area contributed by atoms with Gasteiger partial charge in [0.1, 0.15) is 13.1 Å². The van der Waals surface area contributed by atoms with Crippen LogP contribution in [0.1, 0.15) is 53.7 Å². The quantitative estimate of drug-likeness (QED) is 0.266. The van der Waals surface area contributed by atoms with Crippen molar-refractivity contribution < 1.29 is 9.47 Å². The predicted octanol–water partition coefficient (Wildman–Crippen LogP) is 5.39. The Labute approximate surface area is 248 Å². The van der Waals surface area contributed by atoms with E-state index in [1.807, 2.05) is 36.9 Å². The molecule has 2 aromatic carbocycles. The highest BCUT2D eigenvalue weighted by Crippen LogP contribution is 2.37. The number of fused-ring (bicyclic) bond motifs is 2. The maximum absolute atomic E-state index is 6.35. The first-order valence-electron chi connectivity index (χ1n) is 15.4. The van der Waals surface area contributed by atoms with E-state index >= 15 is 0 Å². The van der Waals surface area contributed by atoms with Crippen LogP contribution in [-0.2, 0) is 22.3 Å². The van der Waals surface area contributed by atoms with E-state index in [9.17, 15) is 0 Å². The number of piperazine rings is 1. The molecular weight excluding hydrogens is 524 g/mol. The van der Waals surface area contributed by atoms with Crippen molar-refractivity contribution in [3.05, 3.63) is 108 Å². The third-order valence-electron chi connectivity index (χ3n) is 9.30. The average molecular weight is 564 g/mol. The highest BCUT2D eigenvalue weighted by molar-refractivity contribution is 5.42. The molecule has 7 rings (SSSR count). The van der Waals surface area contributed by atoms with Gasteiger partial charge in [-0.3, -0.25) is 4.90 Å². The van der Waals surface area contributed by atoms with E-state index in [1.54, 1.807) is 0 Å². The molecule has 0 amide bonds. The molecule has 5 heterocycles. The molecule has 0 radical (unpaired) electrons. The predicted molar refractivity (Wildman–Crippen MR) is 162 cm³/mol. The summed E-state index contributed by atoms with van der Waals surface area (Å²) in [5.74, 6) is 1.52. The van der Waals surface area contributed by atoms with E-state index in [0.29, 0.717) is 4.48 Å². The SMILES string of the molecule is c1cnc([N+]2(c3ncccn3)CCN(CCC3OCCc4ccccc43)C(CCC3OCCc4ccccc43)C2)nc1. The van der Waals surface area contributed by atoms with Crippen molar-refractivity contribution in [2.45, 2.75) is 50.4 Å². The van der Waals surface area contributed by atoms with E-state index in [2.05, 4.69) is 53.4 Å². The maximum Gasteiger partial charge on any atom is 0.336 e. The number of nitrogens with zero attached hydrogens (tertiary/aromatic N) is 6. The molecule has 3 unspecified atom stereocenters. The third kappa shape index (κ3) is 5.47. The van der Waals surface area contributed by atoms with Crippen molar-refractivity contribution in [2.75, 3.05) is 39.4 Å². The van der Waals surface area contributed by atoms with Crippen molar-refractivity contribution in [2.24, 2.45) is 0 Å². The Hall–Kier alpha value is -3.56. The van der Waals surface area contributed by atoms with Gasteiger partial charge in [-0.05, 0) is 66.5 Å². The molecule has 1 saturated heterocycles. The second-order valence-corrected chi connectivity index (χ2v) is 11.6. The Morgan fingerprint density at radius 2 is 1.21 bits per heavy atom. The monoisotopic (exact) mass is 563 g/mol. The molecule has 0 aliphatic carbocycles. The summed E-state index contributed by atoms with van der Waals surface area (Å²) in [6, 6.07) is 21.6. The first kappa shape index (κ1) is 27.3. The van der Waals surface area contributed by atoms with Crippen LogP contribution in [0.5, 0.6) is 0 Å². The van der Waals surface area contributed by atoms with E-state index in [4.69, 9.17) is 29.4 Å². The summed E-state index contributed by atoms with van der Waals surface area (Å²) in [5, 5.41) is 0. The highest BCUT2D eigenvalue weighted by atomic mass is 16.5. The van der Waals surface area contributed by atoms with Gasteiger partial charge in [0, 0.05) is 37.9 Å². The van der Waals surface area contributed by atoms with Gasteiger partial charge in [0.15, 0.2) is 0 Å². The second kappa shape index (κ2) is 12.4. The van der Waals surface area contributed by atoms with E-state index in [1.165, 1.54) is 22.3 Å². The summed E-state index contributed by atoms with van der Waals surface area (Å²) >= 11 is 0. The van der Waals surface area contributed by atoms with Gasteiger partial charge in [0.25, 0.3) is 0 Å². The Morgan fingerprint density at radius 1 is 0.667 bits per heavy atom. The zero-order valence-corrected chi connectivity index (χ0v) is 24.1. The van der Waals surface area contributed by atoms with E-state index in [0.717, 1.165) is 83.4 Å². The van der Waals surface area contributed by atoms with E-state index < -0.39 is 0 Å². The molecule has 8 heteroatoms. The fourth-order valence-corrected chi connectivity index (χ4v) is 7.15. The molecule has 0 N–H and O–H groups in total. The molecule has 0 bridgehead atoms. The van der Waals surface area contributed by atoms with Crippen molar-refractivity contribution in [1.82, 2.24) is 29.3 Å². The lowest BCUT2D eigenvalue weighted by Crippen LogP contribution is -2.63. The van der Waals surface area contributed by atoms with Crippen LogP contribution in [0.2, 0.25) is 0 Å². The fourth-order valence-electron chi connectivity index (χ4n) is 7.15. The zero-order chi connectivity index (χ0) is 28.2. The minimum absolute atomic E-state index is 0.120. The number of quaternary nitrogens is 1. The van der Waals surface area contributed by atoms with Gasteiger partial charge in [0.05, 0.1) is 31.5 Å². The van der Waals surface area contributed by atoms with Gasteiger partial charge >= 0.3 is 11.9 Å². The standard InChI is InChI=1S/C34H39N6O2/c1-3-9-29-26(7-1)14-23-41-31(29)12-11-28-25-40(33-35-16-5-17-36-33,34-37-18-6-19-38-34)22-21-39(28)20-13-32-30-10-4-2-8-27(30)15-24-42-32/h1-10,16-19,28,31-32H,11-15,20-25H2/q+1. The first-order chi connectivity index (χ1) is 20.8. The van der Waals surface area contributed by atoms with Crippen molar-refractivity contribution in [3.8, 4) is 0 Å². The number of rotatable bonds is 8. The molecule has 42 heavy (non-hydrogen) atoms. The molecule has 1 fully saturated rings. The van der Waals surface area contributed by atoms with Crippen molar-refractivity contribution in [1.29, 1.82) is 0 Å². The number of ether oxygens (including phenoxy) is 2. The summed E-state index contributed by atoms with van der Waals surface area (Å²) < 4.78 is 13.1. The Morgan fingerprint density at radius 3 is 1.81 bits per heavy atom. The molecule has 4 aromatic rings. The molecular formula is C34H39N6O2+. The summed E-state index contributed by atoms with van der Waals surface area (Å²) in [6.45, 7) is 5.07. The van der Waals surface area contributed by atoms with Crippen LogP contribution in [0.3, 0.4) is 0 Å². The zero-order valence-electron chi connectivity index (χ0n) is 24.1. The van der Waals surface area contributed by atoms with Crippen LogP contribution in [0, 0.1) is 0 Å². The maximum atomic E-state index is 6.35. The van der Waals surface area contributed by atoms with Crippen LogP contribution in [-0.4, -0.2) is 70.3 Å². The molecule has 0 spiro atoms. The van der Waals surface area contributed by atoms with Crippen LogP contribution >= 0.6 is 0 Å². The van der Waals surface area contributed by atoms with Gasteiger partial charge < -0.3 is 9.47 Å². The van der Waals surface area contributed by atoms with E-state index in [-0.39, 0.29) is 18.2 Å². The Balaban J connectivity index is 1.16. The van der Waals surface area contributed by atoms with Gasteiger partial charge in [-0.15, -0.1) is 0 Å². The Kier molecular flexibility index (Phi) is 8.02. The second-order valence-electron chi connectivity index (χ2n) is 11.6. The molecule has 2 aromatic heterocycles. The lowest BCUT2D eigenvalue weighted by molar-refractivity contribution is 0.00731. The summed E-state index contributed by atoms with van der Waals surface area (Å²) in [6.07, 6.45) is 12.5. The first-order valence-corrected chi connectivity index (χ1v) is 15.4. The lowest BCUT2D eigenvalue weighted by Gasteiger charge is -2.45.